The Morgan fingerprint density at radius 1 is 0.857 bits per heavy atom. The van der Waals surface area contributed by atoms with Gasteiger partial charge in [0.05, 0.1) is 17.5 Å². The molecule has 1 amide bonds. The summed E-state index contributed by atoms with van der Waals surface area (Å²) in [6, 6.07) is 5.56. The topological polar surface area (TPSA) is 47.6 Å². The molecule has 1 heterocycles. The van der Waals surface area contributed by atoms with E-state index in [2.05, 4.69) is 5.32 Å². The van der Waals surface area contributed by atoms with Gasteiger partial charge >= 0.3 is 12.4 Å². The number of alkyl halides is 6. The van der Waals surface area contributed by atoms with Gasteiger partial charge in [0.25, 0.3) is 0 Å². The van der Waals surface area contributed by atoms with E-state index in [1.165, 1.54) is 6.07 Å². The van der Waals surface area contributed by atoms with Crippen LogP contribution in [0.4, 0.5) is 32.0 Å². The maximum atomic E-state index is 12.9. The zero-order valence-corrected chi connectivity index (χ0v) is 14.1. The number of nitrogens with one attached hydrogen (secondary N) is 1. The second kappa shape index (κ2) is 7.25. The predicted molar refractivity (Wildman–Crippen MR) is 86.2 cm³/mol. The Balaban J connectivity index is 1.79. The Hall–Kier alpha value is -2.91. The zero-order chi connectivity index (χ0) is 20.5. The molecule has 0 radical (unpaired) electrons. The van der Waals surface area contributed by atoms with Crippen LogP contribution >= 0.6 is 0 Å². The largest absolute Gasteiger partial charge is 0.486 e. The monoisotopic (exact) mass is 405 g/mol. The molecule has 0 saturated heterocycles. The maximum Gasteiger partial charge on any atom is 0.416 e. The summed E-state index contributed by atoms with van der Waals surface area (Å²) in [7, 11) is 0. The third kappa shape index (κ3) is 4.68. The number of carbonyl (C=O) groups excluding carboxylic acids is 1. The molecule has 0 unspecified atom stereocenters. The molecule has 28 heavy (non-hydrogen) atoms. The van der Waals surface area contributed by atoms with Crippen molar-refractivity contribution >= 4 is 11.6 Å². The summed E-state index contributed by atoms with van der Waals surface area (Å²) in [5.41, 5.74) is -3.14. The van der Waals surface area contributed by atoms with E-state index in [9.17, 15) is 31.1 Å². The van der Waals surface area contributed by atoms with Gasteiger partial charge in [0.2, 0.25) is 5.91 Å². The molecule has 3 rings (SSSR count). The molecule has 0 bridgehead atoms. The smallest absolute Gasteiger partial charge is 0.416 e. The first-order chi connectivity index (χ1) is 13.0. The van der Waals surface area contributed by atoms with Gasteiger partial charge in [-0.05, 0) is 35.9 Å². The number of ether oxygens (including phenoxy) is 2. The quantitative estimate of drug-likeness (QED) is 0.755. The SMILES string of the molecule is O=C(Cc1ccc2c(c1)OCCO2)Nc1cc(C(F)(F)F)cc(C(F)(F)F)c1. The Morgan fingerprint density at radius 2 is 1.43 bits per heavy atom. The highest BCUT2D eigenvalue weighted by molar-refractivity contribution is 5.92. The van der Waals surface area contributed by atoms with E-state index >= 15 is 0 Å². The second-order valence-electron chi connectivity index (χ2n) is 6.00. The number of benzene rings is 2. The lowest BCUT2D eigenvalue weighted by Crippen LogP contribution is -2.18. The first-order valence-corrected chi connectivity index (χ1v) is 8.00. The molecule has 0 saturated carbocycles. The van der Waals surface area contributed by atoms with Crippen molar-refractivity contribution in [2.75, 3.05) is 18.5 Å². The lowest BCUT2D eigenvalue weighted by molar-refractivity contribution is -0.143. The van der Waals surface area contributed by atoms with Crippen molar-refractivity contribution in [3.05, 3.63) is 53.1 Å². The van der Waals surface area contributed by atoms with E-state index in [4.69, 9.17) is 9.47 Å². The number of fused-ring (bicyclic) bond motifs is 1. The van der Waals surface area contributed by atoms with Crippen molar-refractivity contribution < 1.29 is 40.6 Å². The molecule has 0 fully saturated rings. The number of hydrogen-bond donors (Lipinski definition) is 1. The van der Waals surface area contributed by atoms with Crippen molar-refractivity contribution in [3.8, 4) is 11.5 Å². The third-order valence-corrected chi connectivity index (χ3v) is 3.84. The lowest BCUT2D eigenvalue weighted by atomic mass is 10.1. The molecule has 2 aromatic carbocycles. The summed E-state index contributed by atoms with van der Waals surface area (Å²) < 4.78 is 87.9. The van der Waals surface area contributed by atoms with Crippen LogP contribution in [0.5, 0.6) is 11.5 Å². The second-order valence-corrected chi connectivity index (χ2v) is 6.00. The summed E-state index contributed by atoms with van der Waals surface area (Å²) in [6.07, 6.45) is -10.2. The van der Waals surface area contributed by atoms with E-state index < -0.39 is 35.1 Å². The van der Waals surface area contributed by atoms with Gasteiger partial charge in [0.1, 0.15) is 13.2 Å². The number of anilines is 1. The van der Waals surface area contributed by atoms with Crippen LogP contribution < -0.4 is 14.8 Å². The number of amides is 1. The van der Waals surface area contributed by atoms with E-state index in [1.807, 2.05) is 0 Å². The minimum atomic E-state index is -4.99. The number of halogens is 6. The van der Waals surface area contributed by atoms with Gasteiger partial charge < -0.3 is 14.8 Å². The summed E-state index contributed by atoms with van der Waals surface area (Å²) in [4.78, 5) is 12.1. The molecular formula is C18H13F6NO3. The van der Waals surface area contributed by atoms with E-state index in [0.29, 0.717) is 42.4 Å². The van der Waals surface area contributed by atoms with Crippen LogP contribution in [0.2, 0.25) is 0 Å². The Bertz CT molecular complexity index is 860. The van der Waals surface area contributed by atoms with Gasteiger partial charge in [-0.2, -0.15) is 26.3 Å². The van der Waals surface area contributed by atoms with Crippen LogP contribution in [0.1, 0.15) is 16.7 Å². The van der Waals surface area contributed by atoms with Gasteiger partial charge in [-0.25, -0.2) is 0 Å². The number of hydrogen-bond acceptors (Lipinski definition) is 3. The van der Waals surface area contributed by atoms with Crippen LogP contribution in [0.25, 0.3) is 0 Å². The van der Waals surface area contributed by atoms with Gasteiger partial charge in [0, 0.05) is 5.69 Å². The average molecular weight is 405 g/mol. The predicted octanol–water partition coefficient (Wildman–Crippen LogP) is 4.68. The minimum absolute atomic E-state index is 0.00350. The van der Waals surface area contributed by atoms with Crippen LogP contribution in [0.15, 0.2) is 36.4 Å². The minimum Gasteiger partial charge on any atom is -0.486 e. The van der Waals surface area contributed by atoms with Crippen LogP contribution in [0, 0.1) is 0 Å². The molecule has 150 valence electrons. The molecule has 0 spiro atoms. The summed E-state index contributed by atoms with van der Waals surface area (Å²) in [6.45, 7) is 0.705. The van der Waals surface area contributed by atoms with Gasteiger partial charge in [-0.3, -0.25) is 4.79 Å². The van der Waals surface area contributed by atoms with Crippen LogP contribution in [-0.2, 0) is 23.6 Å². The maximum absolute atomic E-state index is 12.9. The van der Waals surface area contributed by atoms with Crippen molar-refractivity contribution in [2.45, 2.75) is 18.8 Å². The highest BCUT2D eigenvalue weighted by atomic mass is 19.4. The summed E-state index contributed by atoms with van der Waals surface area (Å²) in [5.74, 6) is 0.127. The van der Waals surface area contributed by atoms with Crippen molar-refractivity contribution in [1.82, 2.24) is 0 Å². The number of carbonyl (C=O) groups is 1. The summed E-state index contributed by atoms with van der Waals surface area (Å²) >= 11 is 0. The Kier molecular flexibility index (Phi) is 5.14. The standard InChI is InChI=1S/C18H13F6NO3/c19-17(20,21)11-7-12(18(22,23)24)9-13(8-11)25-16(26)6-10-1-2-14-15(5-10)28-4-3-27-14/h1-2,5,7-9H,3-4,6H2,(H,25,26). The number of rotatable bonds is 3. The fourth-order valence-corrected chi connectivity index (χ4v) is 2.62. The fourth-order valence-electron chi connectivity index (χ4n) is 2.62. The Morgan fingerprint density at radius 3 is 2.00 bits per heavy atom. The lowest BCUT2D eigenvalue weighted by Gasteiger charge is -2.19. The molecule has 0 aliphatic carbocycles. The molecule has 1 N–H and O–H groups in total. The highest BCUT2D eigenvalue weighted by Gasteiger charge is 2.37. The molecule has 2 aromatic rings. The highest BCUT2D eigenvalue weighted by Crippen LogP contribution is 2.37. The molecule has 1 aliphatic heterocycles. The van der Waals surface area contributed by atoms with Gasteiger partial charge in [-0.1, -0.05) is 6.07 Å². The molecule has 0 aromatic heterocycles. The van der Waals surface area contributed by atoms with Gasteiger partial charge in [0.15, 0.2) is 11.5 Å². The zero-order valence-electron chi connectivity index (χ0n) is 14.1. The molecule has 10 heteroatoms. The average Bonchev–Trinajstić information content (AvgIpc) is 2.59. The van der Waals surface area contributed by atoms with Gasteiger partial charge in [-0.15, -0.1) is 0 Å². The molecular weight excluding hydrogens is 392 g/mol. The van der Waals surface area contributed by atoms with Crippen molar-refractivity contribution in [1.29, 1.82) is 0 Å². The first kappa shape index (κ1) is 19.8. The summed E-state index contributed by atoms with van der Waals surface area (Å²) in [5, 5.41) is 2.08. The first-order valence-electron chi connectivity index (χ1n) is 8.00. The molecule has 0 atom stereocenters. The Labute approximate surface area is 155 Å². The molecule has 1 aliphatic rings. The normalized spacial score (nSPS) is 13.9. The van der Waals surface area contributed by atoms with E-state index in [0.717, 1.165) is 0 Å². The fraction of sp³-hybridized carbons (Fsp3) is 0.278. The van der Waals surface area contributed by atoms with Crippen molar-refractivity contribution in [2.24, 2.45) is 0 Å². The van der Waals surface area contributed by atoms with Crippen LogP contribution in [-0.4, -0.2) is 19.1 Å². The van der Waals surface area contributed by atoms with E-state index in [1.54, 1.807) is 12.1 Å². The molecule has 4 nitrogen and oxygen atoms in total. The van der Waals surface area contributed by atoms with Crippen LogP contribution in [0.3, 0.4) is 0 Å². The third-order valence-electron chi connectivity index (χ3n) is 3.84. The van der Waals surface area contributed by atoms with E-state index in [-0.39, 0.29) is 12.5 Å². The van der Waals surface area contributed by atoms with Crippen molar-refractivity contribution in [3.63, 3.8) is 0 Å².